The van der Waals surface area contributed by atoms with Crippen LogP contribution in [0.2, 0.25) is 0 Å². The summed E-state index contributed by atoms with van der Waals surface area (Å²) in [7, 11) is 1.94. The molecule has 3 rings (SSSR count). The van der Waals surface area contributed by atoms with Gasteiger partial charge in [-0.2, -0.15) is 0 Å². The monoisotopic (exact) mass is 511 g/mol. The van der Waals surface area contributed by atoms with Crippen molar-refractivity contribution in [1.82, 2.24) is 25.4 Å². The third-order valence-electron chi connectivity index (χ3n) is 5.01. The maximum absolute atomic E-state index is 12.0. The van der Waals surface area contributed by atoms with Crippen LogP contribution in [0.4, 0.5) is 5.69 Å². The molecule has 158 valence electrons. The highest BCUT2D eigenvalue weighted by Crippen LogP contribution is 2.31. The van der Waals surface area contributed by atoms with Crippen molar-refractivity contribution >= 4 is 41.5 Å². The number of fused-ring (bicyclic) bond motifs is 1. The van der Waals surface area contributed by atoms with E-state index in [-0.39, 0.29) is 35.8 Å². The normalized spacial score (nSPS) is 15.9. The van der Waals surface area contributed by atoms with Crippen LogP contribution in [0.3, 0.4) is 0 Å². The molecule has 1 amide bonds. The van der Waals surface area contributed by atoms with E-state index in [0.29, 0.717) is 19.5 Å². The zero-order chi connectivity index (χ0) is 19.9. The predicted molar refractivity (Wildman–Crippen MR) is 126 cm³/mol. The summed E-state index contributed by atoms with van der Waals surface area (Å²) < 4.78 is 1.94. The number of benzene rings is 1. The van der Waals surface area contributed by atoms with Gasteiger partial charge in [-0.25, -0.2) is 4.99 Å². The van der Waals surface area contributed by atoms with E-state index in [1.807, 2.05) is 36.7 Å². The third kappa shape index (κ3) is 6.15. The van der Waals surface area contributed by atoms with E-state index >= 15 is 0 Å². The highest BCUT2D eigenvalue weighted by atomic mass is 127. The number of hydrogen-bond donors (Lipinski definition) is 3. The van der Waals surface area contributed by atoms with Gasteiger partial charge < -0.3 is 20.5 Å². The number of hydrogen-bond acceptors (Lipinski definition) is 4. The topological polar surface area (TPSA) is 96.2 Å². The van der Waals surface area contributed by atoms with Crippen molar-refractivity contribution in [1.29, 1.82) is 0 Å². The molecule has 2 aromatic rings. The molecule has 3 N–H and O–H groups in total. The van der Waals surface area contributed by atoms with Crippen LogP contribution in [0, 0.1) is 6.92 Å². The van der Waals surface area contributed by atoms with E-state index in [4.69, 9.17) is 0 Å². The molecule has 1 atom stereocenters. The van der Waals surface area contributed by atoms with Gasteiger partial charge in [0.15, 0.2) is 11.8 Å². The number of amides is 1. The molecule has 0 spiro atoms. The van der Waals surface area contributed by atoms with Gasteiger partial charge in [-0.05, 0) is 25.0 Å². The number of nitrogens with zero attached hydrogens (tertiary/aromatic N) is 4. The first-order chi connectivity index (χ1) is 13.6. The Hall–Kier alpha value is -2.17. The molecule has 1 unspecified atom stereocenters. The highest BCUT2D eigenvalue weighted by Gasteiger charge is 2.24. The van der Waals surface area contributed by atoms with Crippen molar-refractivity contribution < 1.29 is 4.79 Å². The van der Waals surface area contributed by atoms with Crippen molar-refractivity contribution in [3.8, 4) is 0 Å². The Balaban J connectivity index is 0.00000300. The quantitative estimate of drug-likeness (QED) is 0.230. The van der Waals surface area contributed by atoms with E-state index in [0.717, 1.165) is 48.2 Å². The predicted octanol–water partition coefficient (Wildman–Crippen LogP) is 2.70. The molecule has 0 fully saturated rings. The summed E-state index contributed by atoms with van der Waals surface area (Å²) in [6.07, 6.45) is 2.64. The Labute approximate surface area is 189 Å². The van der Waals surface area contributed by atoms with E-state index in [9.17, 15) is 4.79 Å². The SMILES string of the molecule is CCCCNC(=NCc1nnc(C)n1C)NCC1CC(=O)Nc2ccccc21.I. The molecule has 0 bridgehead atoms. The molecule has 2 heterocycles. The number of aromatic nitrogens is 3. The summed E-state index contributed by atoms with van der Waals surface area (Å²) >= 11 is 0. The molecule has 0 radical (unpaired) electrons. The number of aliphatic imine (C=N–C) groups is 1. The second-order valence-corrected chi connectivity index (χ2v) is 7.08. The first kappa shape index (κ1) is 23.1. The van der Waals surface area contributed by atoms with Crippen LogP contribution < -0.4 is 16.0 Å². The smallest absolute Gasteiger partial charge is 0.225 e. The number of rotatable bonds is 7. The number of carbonyl (C=O) groups is 1. The zero-order valence-corrected chi connectivity index (χ0v) is 19.6. The lowest BCUT2D eigenvalue weighted by atomic mass is 9.90. The molecule has 1 aromatic carbocycles. The van der Waals surface area contributed by atoms with Gasteiger partial charge in [0, 0.05) is 38.2 Å². The lowest BCUT2D eigenvalue weighted by molar-refractivity contribution is -0.116. The fraction of sp³-hybridized carbons (Fsp3) is 0.500. The number of unbranched alkanes of at least 4 members (excludes halogenated alkanes) is 1. The van der Waals surface area contributed by atoms with Crippen LogP contribution in [0.1, 0.15) is 49.3 Å². The number of aryl methyl sites for hydroxylation is 1. The maximum Gasteiger partial charge on any atom is 0.225 e. The highest BCUT2D eigenvalue weighted by molar-refractivity contribution is 14.0. The number of carbonyl (C=O) groups excluding carboxylic acids is 1. The molecule has 1 aliphatic rings. The molecular formula is C20H30IN7O. The van der Waals surface area contributed by atoms with Crippen LogP contribution in [0.25, 0.3) is 0 Å². The van der Waals surface area contributed by atoms with E-state index < -0.39 is 0 Å². The van der Waals surface area contributed by atoms with Crippen molar-refractivity contribution in [3.05, 3.63) is 41.5 Å². The first-order valence-electron chi connectivity index (χ1n) is 9.84. The second kappa shape index (κ2) is 11.1. The van der Waals surface area contributed by atoms with Gasteiger partial charge >= 0.3 is 0 Å². The minimum atomic E-state index is 0. The Morgan fingerprint density at radius 2 is 2.10 bits per heavy atom. The van der Waals surface area contributed by atoms with Crippen molar-refractivity contribution in [2.45, 2.75) is 45.6 Å². The molecule has 0 saturated heterocycles. The van der Waals surface area contributed by atoms with E-state index in [2.05, 4.69) is 44.1 Å². The number of para-hydroxylation sites is 1. The lowest BCUT2D eigenvalue weighted by Gasteiger charge is -2.26. The Morgan fingerprint density at radius 1 is 1.31 bits per heavy atom. The van der Waals surface area contributed by atoms with Crippen LogP contribution in [0.5, 0.6) is 0 Å². The summed E-state index contributed by atoms with van der Waals surface area (Å²) in [4.78, 5) is 16.7. The number of halogens is 1. The number of guanidine groups is 1. The second-order valence-electron chi connectivity index (χ2n) is 7.08. The van der Waals surface area contributed by atoms with Gasteiger partial charge in [-0.1, -0.05) is 31.5 Å². The van der Waals surface area contributed by atoms with E-state index in [1.165, 1.54) is 0 Å². The van der Waals surface area contributed by atoms with Crippen molar-refractivity contribution in [3.63, 3.8) is 0 Å². The van der Waals surface area contributed by atoms with Crippen LogP contribution >= 0.6 is 24.0 Å². The summed E-state index contributed by atoms with van der Waals surface area (Å²) in [5.41, 5.74) is 2.06. The fourth-order valence-electron chi connectivity index (χ4n) is 3.20. The van der Waals surface area contributed by atoms with Gasteiger partial charge in [0.25, 0.3) is 0 Å². The molecule has 1 aliphatic heterocycles. The summed E-state index contributed by atoms with van der Waals surface area (Å²) in [5, 5.41) is 18.0. The molecule has 29 heavy (non-hydrogen) atoms. The average molecular weight is 511 g/mol. The molecular weight excluding hydrogens is 481 g/mol. The van der Waals surface area contributed by atoms with Gasteiger partial charge in [0.1, 0.15) is 12.4 Å². The third-order valence-corrected chi connectivity index (χ3v) is 5.01. The minimum absolute atomic E-state index is 0. The molecule has 9 heteroatoms. The van der Waals surface area contributed by atoms with Gasteiger partial charge in [-0.3, -0.25) is 4.79 Å². The van der Waals surface area contributed by atoms with Crippen molar-refractivity contribution in [2.24, 2.45) is 12.0 Å². The number of nitrogens with one attached hydrogen (secondary N) is 3. The van der Waals surface area contributed by atoms with Crippen LogP contribution in [-0.4, -0.2) is 39.7 Å². The zero-order valence-electron chi connectivity index (χ0n) is 17.2. The van der Waals surface area contributed by atoms with E-state index in [1.54, 1.807) is 0 Å². The Kier molecular flexibility index (Phi) is 8.87. The fourth-order valence-corrected chi connectivity index (χ4v) is 3.20. The molecule has 1 aromatic heterocycles. The van der Waals surface area contributed by atoms with Gasteiger partial charge in [-0.15, -0.1) is 34.2 Å². The van der Waals surface area contributed by atoms with Crippen molar-refractivity contribution in [2.75, 3.05) is 18.4 Å². The minimum Gasteiger partial charge on any atom is -0.356 e. The molecule has 0 aliphatic carbocycles. The standard InChI is InChI=1S/C20H29N7O.HI/c1-4-5-10-21-20(23-13-18-26-25-14(2)27(18)3)22-12-15-11-19(28)24-17-9-7-6-8-16(15)17;/h6-9,15H,4-5,10-13H2,1-3H3,(H,24,28)(H2,21,22,23);1H. The molecule has 8 nitrogen and oxygen atoms in total. The Bertz CT molecular complexity index is 849. The lowest BCUT2D eigenvalue weighted by Crippen LogP contribution is -2.41. The van der Waals surface area contributed by atoms with Gasteiger partial charge in [0.05, 0.1) is 0 Å². The number of anilines is 1. The summed E-state index contributed by atoms with van der Waals surface area (Å²) in [6.45, 7) is 6.01. The Morgan fingerprint density at radius 3 is 2.83 bits per heavy atom. The first-order valence-corrected chi connectivity index (χ1v) is 9.84. The summed E-state index contributed by atoms with van der Waals surface area (Å²) in [5.74, 6) is 2.58. The van der Waals surface area contributed by atoms with Gasteiger partial charge in [0.2, 0.25) is 5.91 Å². The maximum atomic E-state index is 12.0. The van der Waals surface area contributed by atoms with Crippen LogP contribution in [-0.2, 0) is 18.4 Å². The molecule has 0 saturated carbocycles. The largest absolute Gasteiger partial charge is 0.356 e. The summed E-state index contributed by atoms with van der Waals surface area (Å²) in [6, 6.07) is 7.97. The average Bonchev–Trinajstić information content (AvgIpc) is 3.01. The van der Waals surface area contributed by atoms with Crippen LogP contribution in [0.15, 0.2) is 29.3 Å².